The van der Waals surface area contributed by atoms with E-state index in [2.05, 4.69) is 0 Å². The molecule has 0 radical (unpaired) electrons. The fourth-order valence-electron chi connectivity index (χ4n) is 1.96. The number of hydrogen-bond acceptors (Lipinski definition) is 3. The molecular weight excluding hydrogens is 223 g/mol. The fraction of sp³-hybridized carbons (Fsp3) is 0.538. The van der Waals surface area contributed by atoms with Gasteiger partial charge in [-0.1, -0.05) is 6.07 Å². The monoisotopic (exact) mass is 240 g/mol. The number of methoxy groups -OCH3 is 1. The lowest BCUT2D eigenvalue weighted by Crippen LogP contribution is -2.45. The van der Waals surface area contributed by atoms with Gasteiger partial charge < -0.3 is 14.2 Å². The SMILES string of the molecule is CO[C@H]1COC[C@]1(C)Oc1ccc(C)c(F)c1. The Hall–Kier alpha value is -1.13. The molecule has 1 saturated heterocycles. The fourth-order valence-corrected chi connectivity index (χ4v) is 1.96. The third-order valence-corrected chi connectivity index (χ3v) is 3.12. The van der Waals surface area contributed by atoms with Gasteiger partial charge in [-0.3, -0.25) is 0 Å². The minimum absolute atomic E-state index is 0.133. The van der Waals surface area contributed by atoms with E-state index in [1.807, 2.05) is 6.92 Å². The van der Waals surface area contributed by atoms with E-state index in [4.69, 9.17) is 14.2 Å². The molecule has 2 rings (SSSR count). The number of halogens is 1. The van der Waals surface area contributed by atoms with Crippen molar-refractivity contribution in [2.45, 2.75) is 25.6 Å². The van der Waals surface area contributed by atoms with E-state index in [1.165, 1.54) is 6.07 Å². The summed E-state index contributed by atoms with van der Waals surface area (Å²) in [5.74, 6) is 0.238. The zero-order valence-electron chi connectivity index (χ0n) is 10.3. The summed E-state index contributed by atoms with van der Waals surface area (Å²) < 4.78 is 29.9. The first-order valence-electron chi connectivity index (χ1n) is 5.61. The number of ether oxygens (including phenoxy) is 3. The maximum Gasteiger partial charge on any atom is 0.158 e. The molecule has 0 spiro atoms. The highest BCUT2D eigenvalue weighted by molar-refractivity contribution is 5.29. The van der Waals surface area contributed by atoms with E-state index in [9.17, 15) is 4.39 Å². The molecule has 0 unspecified atom stereocenters. The van der Waals surface area contributed by atoms with Gasteiger partial charge in [0, 0.05) is 13.2 Å². The van der Waals surface area contributed by atoms with Gasteiger partial charge >= 0.3 is 0 Å². The molecular formula is C13H17FO3. The van der Waals surface area contributed by atoms with Crippen LogP contribution >= 0.6 is 0 Å². The molecule has 0 aromatic heterocycles. The zero-order valence-corrected chi connectivity index (χ0v) is 10.3. The molecule has 1 aromatic rings. The van der Waals surface area contributed by atoms with Crippen molar-refractivity contribution in [3.63, 3.8) is 0 Å². The van der Waals surface area contributed by atoms with Crippen LogP contribution in [0.1, 0.15) is 12.5 Å². The third-order valence-electron chi connectivity index (χ3n) is 3.12. The molecule has 3 nitrogen and oxygen atoms in total. The van der Waals surface area contributed by atoms with Crippen molar-refractivity contribution in [1.82, 2.24) is 0 Å². The summed E-state index contributed by atoms with van der Waals surface area (Å²) in [5, 5.41) is 0. The Morgan fingerprint density at radius 1 is 1.47 bits per heavy atom. The minimum atomic E-state index is -0.559. The van der Waals surface area contributed by atoms with E-state index >= 15 is 0 Å². The van der Waals surface area contributed by atoms with Crippen LogP contribution in [0.2, 0.25) is 0 Å². The van der Waals surface area contributed by atoms with Gasteiger partial charge in [0.1, 0.15) is 17.7 Å². The molecule has 1 aromatic carbocycles. The Morgan fingerprint density at radius 3 is 2.88 bits per heavy atom. The standard InChI is InChI=1S/C13H17FO3/c1-9-4-5-10(6-11(9)14)17-13(2)8-16-7-12(13)15-3/h4-6,12H,7-8H2,1-3H3/t12-,13-/m0/s1. The van der Waals surface area contributed by atoms with Crippen LogP contribution in [0.3, 0.4) is 0 Å². The van der Waals surface area contributed by atoms with Crippen molar-refractivity contribution >= 4 is 0 Å². The molecule has 1 fully saturated rings. The van der Waals surface area contributed by atoms with Gasteiger partial charge in [0.2, 0.25) is 0 Å². The number of benzene rings is 1. The summed E-state index contributed by atoms with van der Waals surface area (Å²) in [6.45, 7) is 4.58. The third kappa shape index (κ3) is 2.42. The lowest BCUT2D eigenvalue weighted by Gasteiger charge is -2.29. The molecule has 4 heteroatoms. The Kier molecular flexibility index (Phi) is 3.35. The molecule has 0 amide bonds. The van der Waals surface area contributed by atoms with Crippen LogP contribution in [-0.4, -0.2) is 32.0 Å². The number of aryl methyl sites for hydroxylation is 1. The van der Waals surface area contributed by atoms with Gasteiger partial charge in [0.05, 0.1) is 13.2 Å². The van der Waals surface area contributed by atoms with Crippen molar-refractivity contribution in [1.29, 1.82) is 0 Å². The Balaban J connectivity index is 2.16. The van der Waals surface area contributed by atoms with Gasteiger partial charge in [-0.05, 0) is 25.5 Å². The second-order valence-corrected chi connectivity index (χ2v) is 4.57. The molecule has 0 N–H and O–H groups in total. The van der Waals surface area contributed by atoms with Gasteiger partial charge in [-0.2, -0.15) is 0 Å². The highest BCUT2D eigenvalue weighted by Gasteiger charge is 2.42. The molecule has 1 aliphatic heterocycles. The van der Waals surface area contributed by atoms with Crippen molar-refractivity contribution in [3.05, 3.63) is 29.6 Å². The van der Waals surface area contributed by atoms with Crippen molar-refractivity contribution in [3.8, 4) is 5.75 Å². The van der Waals surface area contributed by atoms with E-state index in [0.29, 0.717) is 24.5 Å². The van der Waals surface area contributed by atoms with E-state index in [0.717, 1.165) is 0 Å². The summed E-state index contributed by atoms with van der Waals surface area (Å²) in [7, 11) is 1.62. The lowest BCUT2D eigenvalue weighted by molar-refractivity contribution is -0.0304. The molecule has 1 aliphatic rings. The average molecular weight is 240 g/mol. The van der Waals surface area contributed by atoms with E-state index in [1.54, 1.807) is 26.2 Å². The Bertz CT molecular complexity index is 408. The number of hydrogen-bond donors (Lipinski definition) is 0. The van der Waals surface area contributed by atoms with Crippen LogP contribution in [0.5, 0.6) is 5.75 Å². The predicted molar refractivity (Wildman–Crippen MR) is 61.8 cm³/mol. The Labute approximate surface area is 100 Å². The second-order valence-electron chi connectivity index (χ2n) is 4.57. The van der Waals surface area contributed by atoms with Crippen LogP contribution in [0.4, 0.5) is 4.39 Å². The van der Waals surface area contributed by atoms with Crippen molar-refractivity contribution in [2.75, 3.05) is 20.3 Å². The molecule has 17 heavy (non-hydrogen) atoms. The first kappa shape index (κ1) is 12.3. The molecule has 0 bridgehead atoms. The summed E-state index contributed by atoms with van der Waals surface area (Å²) in [6.07, 6.45) is -0.133. The summed E-state index contributed by atoms with van der Waals surface area (Å²) in [4.78, 5) is 0. The second kappa shape index (κ2) is 4.63. The van der Waals surface area contributed by atoms with Crippen LogP contribution in [-0.2, 0) is 9.47 Å². The van der Waals surface area contributed by atoms with Crippen molar-refractivity contribution in [2.24, 2.45) is 0 Å². The number of rotatable bonds is 3. The Morgan fingerprint density at radius 2 is 2.24 bits per heavy atom. The van der Waals surface area contributed by atoms with E-state index in [-0.39, 0.29) is 11.9 Å². The highest BCUT2D eigenvalue weighted by Crippen LogP contribution is 2.28. The van der Waals surface area contributed by atoms with Crippen molar-refractivity contribution < 1.29 is 18.6 Å². The highest BCUT2D eigenvalue weighted by atomic mass is 19.1. The normalized spacial score (nSPS) is 28.4. The lowest BCUT2D eigenvalue weighted by atomic mass is 10.0. The largest absolute Gasteiger partial charge is 0.482 e. The average Bonchev–Trinajstić information content (AvgIpc) is 2.65. The van der Waals surface area contributed by atoms with Gasteiger partial charge in [0.25, 0.3) is 0 Å². The zero-order chi connectivity index (χ0) is 12.5. The van der Waals surface area contributed by atoms with Gasteiger partial charge in [-0.25, -0.2) is 4.39 Å². The van der Waals surface area contributed by atoms with Gasteiger partial charge in [-0.15, -0.1) is 0 Å². The first-order chi connectivity index (χ1) is 8.05. The molecule has 1 heterocycles. The molecule has 0 aliphatic carbocycles. The smallest absolute Gasteiger partial charge is 0.158 e. The van der Waals surface area contributed by atoms with Crippen LogP contribution in [0.15, 0.2) is 18.2 Å². The molecule has 0 saturated carbocycles. The molecule has 94 valence electrons. The first-order valence-corrected chi connectivity index (χ1v) is 5.61. The van der Waals surface area contributed by atoms with Crippen LogP contribution < -0.4 is 4.74 Å². The van der Waals surface area contributed by atoms with Gasteiger partial charge in [0.15, 0.2) is 5.60 Å². The summed E-state index contributed by atoms with van der Waals surface area (Å²) in [6, 6.07) is 4.85. The summed E-state index contributed by atoms with van der Waals surface area (Å²) >= 11 is 0. The topological polar surface area (TPSA) is 27.7 Å². The molecule has 2 atom stereocenters. The van der Waals surface area contributed by atoms with Crippen LogP contribution in [0, 0.1) is 12.7 Å². The maximum absolute atomic E-state index is 13.4. The quantitative estimate of drug-likeness (QED) is 0.811. The summed E-state index contributed by atoms with van der Waals surface area (Å²) in [5.41, 5.74) is 0.0460. The maximum atomic E-state index is 13.4. The van der Waals surface area contributed by atoms with Crippen LogP contribution in [0.25, 0.3) is 0 Å². The minimum Gasteiger partial charge on any atom is -0.482 e. The van der Waals surface area contributed by atoms with E-state index < -0.39 is 5.60 Å². The predicted octanol–water partition coefficient (Wildman–Crippen LogP) is 2.32.